The topological polar surface area (TPSA) is 64.1 Å². The molecule has 1 amide bonds. The molecule has 3 rings (SSSR count). The van der Waals surface area contributed by atoms with E-state index in [4.69, 9.17) is 4.74 Å². The van der Waals surface area contributed by atoms with Crippen LogP contribution in [0.25, 0.3) is 11.4 Å². The van der Waals surface area contributed by atoms with Gasteiger partial charge in [-0.05, 0) is 60.1 Å². The van der Waals surface area contributed by atoms with Crippen molar-refractivity contribution in [3.05, 3.63) is 53.0 Å². The molecule has 0 aliphatic carbocycles. The fourth-order valence-electron chi connectivity index (χ4n) is 1.98. The Morgan fingerprint density at radius 1 is 1.20 bits per heavy atom. The highest BCUT2D eigenvalue weighted by Crippen LogP contribution is 2.26. The van der Waals surface area contributed by atoms with E-state index >= 15 is 0 Å². The molecule has 5 nitrogen and oxygen atoms in total. The highest BCUT2D eigenvalue weighted by molar-refractivity contribution is 9.10. The van der Waals surface area contributed by atoms with E-state index in [2.05, 4.69) is 30.6 Å². The van der Waals surface area contributed by atoms with Crippen LogP contribution in [0.1, 0.15) is 0 Å². The van der Waals surface area contributed by atoms with Crippen molar-refractivity contribution in [1.82, 2.24) is 9.36 Å². The Balaban J connectivity index is 1.55. The first kappa shape index (κ1) is 17.9. The summed E-state index contributed by atoms with van der Waals surface area (Å²) in [6.07, 6.45) is 0. The third-order valence-electron chi connectivity index (χ3n) is 3.21. The van der Waals surface area contributed by atoms with Gasteiger partial charge in [0.15, 0.2) is 10.2 Å². The summed E-state index contributed by atoms with van der Waals surface area (Å²) in [6.45, 7) is 0. The summed E-state index contributed by atoms with van der Waals surface area (Å²) in [5, 5.41) is 2.85. The van der Waals surface area contributed by atoms with E-state index in [-0.39, 0.29) is 11.7 Å². The Morgan fingerprint density at radius 2 is 1.92 bits per heavy atom. The number of rotatable bonds is 6. The lowest BCUT2D eigenvalue weighted by Gasteiger charge is -2.03. The van der Waals surface area contributed by atoms with Gasteiger partial charge in [0.05, 0.1) is 12.9 Å². The number of amides is 1. The van der Waals surface area contributed by atoms with E-state index in [1.54, 1.807) is 7.11 Å². The largest absolute Gasteiger partial charge is 0.497 e. The zero-order valence-corrected chi connectivity index (χ0v) is 16.5. The number of hydrogen-bond donors (Lipinski definition) is 1. The molecule has 1 N–H and O–H groups in total. The summed E-state index contributed by atoms with van der Waals surface area (Å²) in [5.41, 5.74) is 1.69. The van der Waals surface area contributed by atoms with Crippen LogP contribution in [0.15, 0.2) is 57.3 Å². The average Bonchev–Trinajstić information content (AvgIpc) is 3.11. The molecule has 0 aliphatic rings. The predicted molar refractivity (Wildman–Crippen MR) is 105 cm³/mol. The van der Waals surface area contributed by atoms with Gasteiger partial charge in [0.2, 0.25) is 5.91 Å². The number of aromatic nitrogens is 2. The summed E-state index contributed by atoms with van der Waals surface area (Å²) >= 11 is 6.03. The zero-order valence-electron chi connectivity index (χ0n) is 13.2. The number of benzene rings is 2. The minimum Gasteiger partial charge on any atom is -0.497 e. The van der Waals surface area contributed by atoms with Gasteiger partial charge in [-0.1, -0.05) is 27.7 Å². The molecule has 1 heterocycles. The first-order valence-corrected chi connectivity index (χ1v) is 9.85. The van der Waals surface area contributed by atoms with E-state index in [0.29, 0.717) is 5.82 Å². The van der Waals surface area contributed by atoms with Crippen LogP contribution in [0.2, 0.25) is 0 Å². The lowest BCUT2D eigenvalue weighted by atomic mass is 10.2. The molecule has 8 heteroatoms. The smallest absolute Gasteiger partial charge is 0.234 e. The number of carbonyl (C=O) groups excluding carboxylic acids is 1. The second-order valence-electron chi connectivity index (χ2n) is 4.96. The number of nitrogens with one attached hydrogen (secondary N) is 1. The van der Waals surface area contributed by atoms with E-state index in [0.717, 1.165) is 25.8 Å². The van der Waals surface area contributed by atoms with Gasteiger partial charge in [-0.2, -0.15) is 4.37 Å². The molecule has 0 saturated heterocycles. The second kappa shape index (κ2) is 8.46. The van der Waals surface area contributed by atoms with Gasteiger partial charge in [-0.15, -0.1) is 0 Å². The van der Waals surface area contributed by atoms with Crippen LogP contribution in [0, 0.1) is 0 Å². The molecule has 0 atom stereocenters. The molecular formula is C17H14BrN3O2S2. The van der Waals surface area contributed by atoms with E-state index in [1.165, 1.54) is 23.3 Å². The molecule has 3 aromatic rings. The Bertz CT molecular complexity index is 851. The van der Waals surface area contributed by atoms with Crippen molar-refractivity contribution in [2.75, 3.05) is 18.2 Å². The number of nitrogens with zero attached hydrogens (tertiary/aromatic N) is 2. The Kier molecular flexibility index (Phi) is 6.06. The SMILES string of the molecule is COc1ccc(-c2nsc(SCC(=O)Nc3ccc(Br)cc3)n2)cc1. The lowest BCUT2D eigenvalue weighted by molar-refractivity contribution is -0.113. The molecule has 0 fully saturated rings. The Hall–Kier alpha value is -1.90. The van der Waals surface area contributed by atoms with Gasteiger partial charge in [-0.3, -0.25) is 4.79 Å². The average molecular weight is 436 g/mol. The van der Waals surface area contributed by atoms with Crippen LogP contribution >= 0.6 is 39.2 Å². The predicted octanol–water partition coefficient (Wildman–Crippen LogP) is 4.71. The van der Waals surface area contributed by atoms with Crippen molar-refractivity contribution in [3.8, 4) is 17.1 Å². The first-order valence-electron chi connectivity index (χ1n) is 7.30. The Morgan fingerprint density at radius 3 is 2.60 bits per heavy atom. The van der Waals surface area contributed by atoms with E-state index in [9.17, 15) is 4.79 Å². The summed E-state index contributed by atoms with van der Waals surface area (Å²) < 4.78 is 11.2. The summed E-state index contributed by atoms with van der Waals surface area (Å²) in [5.74, 6) is 1.66. The molecule has 0 bridgehead atoms. The normalized spacial score (nSPS) is 10.5. The fourth-order valence-corrected chi connectivity index (χ4v) is 3.66. The molecule has 25 heavy (non-hydrogen) atoms. The monoisotopic (exact) mass is 435 g/mol. The maximum Gasteiger partial charge on any atom is 0.234 e. The van der Waals surface area contributed by atoms with Gasteiger partial charge in [0.25, 0.3) is 0 Å². The molecule has 1 aromatic heterocycles. The van der Waals surface area contributed by atoms with Crippen molar-refractivity contribution in [2.45, 2.75) is 4.34 Å². The number of halogens is 1. The van der Waals surface area contributed by atoms with Crippen molar-refractivity contribution in [3.63, 3.8) is 0 Å². The fraction of sp³-hybridized carbons (Fsp3) is 0.118. The summed E-state index contributed by atoms with van der Waals surface area (Å²) in [4.78, 5) is 16.5. The van der Waals surface area contributed by atoms with Crippen LogP contribution < -0.4 is 10.1 Å². The highest BCUT2D eigenvalue weighted by atomic mass is 79.9. The van der Waals surface area contributed by atoms with Crippen molar-refractivity contribution >= 4 is 50.8 Å². The van der Waals surface area contributed by atoms with Gasteiger partial charge in [-0.25, -0.2) is 4.98 Å². The van der Waals surface area contributed by atoms with Gasteiger partial charge >= 0.3 is 0 Å². The van der Waals surface area contributed by atoms with Crippen LogP contribution in [0.4, 0.5) is 5.69 Å². The minimum atomic E-state index is -0.0754. The molecule has 0 spiro atoms. The zero-order chi connectivity index (χ0) is 17.6. The number of carbonyl (C=O) groups is 1. The molecule has 128 valence electrons. The Labute approximate surface area is 162 Å². The maximum atomic E-state index is 12.0. The quantitative estimate of drug-likeness (QED) is 0.568. The van der Waals surface area contributed by atoms with E-state index in [1.807, 2.05) is 48.5 Å². The van der Waals surface area contributed by atoms with Gasteiger partial charge < -0.3 is 10.1 Å². The van der Waals surface area contributed by atoms with E-state index < -0.39 is 0 Å². The van der Waals surface area contributed by atoms with Crippen LogP contribution in [0.5, 0.6) is 5.75 Å². The van der Waals surface area contributed by atoms with Crippen molar-refractivity contribution in [1.29, 1.82) is 0 Å². The third kappa shape index (κ3) is 5.04. The third-order valence-corrected chi connectivity index (χ3v) is 5.57. The number of hydrogen-bond acceptors (Lipinski definition) is 6. The molecule has 0 unspecified atom stereocenters. The molecule has 0 saturated carbocycles. The summed E-state index contributed by atoms with van der Waals surface area (Å²) in [7, 11) is 1.63. The van der Waals surface area contributed by atoms with Crippen LogP contribution in [-0.2, 0) is 4.79 Å². The standard InChI is InChI=1S/C17H14BrN3O2S2/c1-23-14-8-2-11(3-9-14)16-20-17(25-21-16)24-10-15(22)19-13-6-4-12(18)5-7-13/h2-9H,10H2,1H3,(H,19,22). The van der Waals surface area contributed by atoms with Crippen LogP contribution in [-0.4, -0.2) is 28.1 Å². The summed E-state index contributed by atoms with van der Waals surface area (Å²) in [6, 6.07) is 15.0. The lowest BCUT2D eigenvalue weighted by Crippen LogP contribution is -2.13. The van der Waals surface area contributed by atoms with Gasteiger partial charge in [0.1, 0.15) is 5.75 Å². The number of thioether (sulfide) groups is 1. The molecule has 0 radical (unpaired) electrons. The first-order chi connectivity index (χ1) is 12.1. The molecule has 2 aromatic carbocycles. The van der Waals surface area contributed by atoms with Crippen molar-refractivity contribution < 1.29 is 9.53 Å². The second-order valence-corrected chi connectivity index (χ2v) is 7.85. The molecule has 0 aliphatic heterocycles. The maximum absolute atomic E-state index is 12.0. The van der Waals surface area contributed by atoms with Crippen molar-refractivity contribution in [2.24, 2.45) is 0 Å². The number of anilines is 1. The van der Waals surface area contributed by atoms with Gasteiger partial charge in [0, 0.05) is 15.7 Å². The number of ether oxygens (including phenoxy) is 1. The highest BCUT2D eigenvalue weighted by Gasteiger charge is 2.10. The molecular weight excluding hydrogens is 422 g/mol. The number of methoxy groups -OCH3 is 1. The minimum absolute atomic E-state index is 0.0754. The van der Waals surface area contributed by atoms with Crippen LogP contribution in [0.3, 0.4) is 0 Å².